The number of ether oxygens (including phenoxy) is 2. The highest BCUT2D eigenvalue weighted by Crippen LogP contribution is 2.04. The Bertz CT molecular complexity index is 922. The van der Waals surface area contributed by atoms with Gasteiger partial charge < -0.3 is 30.9 Å². The first-order valence-electron chi connectivity index (χ1n) is 10.2. The van der Waals surface area contributed by atoms with Crippen molar-refractivity contribution in [2.75, 3.05) is 6.54 Å². The molecule has 33 heavy (non-hydrogen) atoms. The number of aliphatic hydroxyl groups is 1. The minimum atomic E-state index is -1.29. The lowest BCUT2D eigenvalue weighted by Crippen LogP contribution is -2.47. The van der Waals surface area contributed by atoms with Crippen LogP contribution in [0, 0.1) is 0 Å². The van der Waals surface area contributed by atoms with Gasteiger partial charge in [-0.1, -0.05) is 60.7 Å². The zero-order valence-electron chi connectivity index (χ0n) is 17.9. The third kappa shape index (κ3) is 10.3. The van der Waals surface area contributed by atoms with Crippen molar-refractivity contribution in [1.29, 1.82) is 0 Å². The Labute approximate surface area is 191 Å². The summed E-state index contributed by atoms with van der Waals surface area (Å²) in [5.41, 5.74) is 6.82. The fourth-order valence-electron chi connectivity index (χ4n) is 2.70. The van der Waals surface area contributed by atoms with Crippen LogP contribution in [0.2, 0.25) is 0 Å². The first-order valence-corrected chi connectivity index (χ1v) is 10.2. The molecule has 0 aliphatic rings. The van der Waals surface area contributed by atoms with Gasteiger partial charge in [-0.25, -0.2) is 4.79 Å². The summed E-state index contributed by atoms with van der Waals surface area (Å²) in [6.45, 7) is -0.171. The second-order valence-corrected chi connectivity index (χ2v) is 7.17. The minimum absolute atomic E-state index is 0.0177. The van der Waals surface area contributed by atoms with Gasteiger partial charge in [0.25, 0.3) is 0 Å². The average molecular weight is 457 g/mol. The third-order valence-electron chi connectivity index (χ3n) is 4.41. The summed E-state index contributed by atoms with van der Waals surface area (Å²) in [5, 5.41) is 14.6. The lowest BCUT2D eigenvalue weighted by Gasteiger charge is -2.17. The summed E-state index contributed by atoms with van der Waals surface area (Å²) in [6, 6.07) is 16.7. The number of alkyl carbamates (subject to hydrolysis) is 1. The van der Waals surface area contributed by atoms with Gasteiger partial charge in [-0.05, 0) is 11.1 Å². The number of nitrogens with two attached hydrogens (primary N) is 1. The van der Waals surface area contributed by atoms with E-state index in [0.717, 1.165) is 11.1 Å². The van der Waals surface area contributed by atoms with Crippen molar-refractivity contribution in [3.05, 3.63) is 71.8 Å². The molecule has 0 aliphatic carbocycles. The molecule has 176 valence electrons. The van der Waals surface area contributed by atoms with Gasteiger partial charge in [-0.3, -0.25) is 14.4 Å². The number of carbonyl (C=O) groups is 4. The monoisotopic (exact) mass is 457 g/mol. The quantitative estimate of drug-likeness (QED) is 0.343. The fraction of sp³-hybridized carbons (Fsp3) is 0.304. The number of nitrogens with one attached hydrogen (secondary N) is 2. The normalized spacial score (nSPS) is 12.2. The highest BCUT2D eigenvalue weighted by molar-refractivity contribution is 5.90. The maximum Gasteiger partial charge on any atom is 0.407 e. The topological polar surface area (TPSA) is 157 Å². The van der Waals surface area contributed by atoms with Crippen LogP contribution in [-0.4, -0.2) is 47.7 Å². The first-order chi connectivity index (χ1) is 15.8. The summed E-state index contributed by atoms with van der Waals surface area (Å²) in [6.07, 6.45) is -2.88. The van der Waals surface area contributed by atoms with Crippen molar-refractivity contribution < 1.29 is 33.8 Å². The molecule has 0 saturated carbocycles. The molecule has 2 aromatic carbocycles. The predicted molar refractivity (Wildman–Crippen MR) is 117 cm³/mol. The SMILES string of the molecule is NC(=O)[C@@H](CC(=O)OCc1ccccc1)NC(=O)C[C@@H](O)CNC(=O)OCc1ccccc1. The molecular formula is C23H27N3O7. The Balaban J connectivity index is 1.69. The van der Waals surface area contributed by atoms with E-state index in [0.29, 0.717) is 0 Å². The second-order valence-electron chi connectivity index (χ2n) is 7.17. The molecule has 0 unspecified atom stereocenters. The molecule has 10 heteroatoms. The number of esters is 1. The van der Waals surface area contributed by atoms with Crippen LogP contribution in [0.3, 0.4) is 0 Å². The Morgan fingerprint density at radius 2 is 1.39 bits per heavy atom. The van der Waals surface area contributed by atoms with Crippen molar-refractivity contribution in [2.45, 2.75) is 38.2 Å². The summed E-state index contributed by atoms with van der Waals surface area (Å²) in [5.74, 6) is -2.36. The van der Waals surface area contributed by atoms with E-state index in [4.69, 9.17) is 15.2 Å². The Hall–Kier alpha value is -3.92. The van der Waals surface area contributed by atoms with E-state index in [1.165, 1.54) is 0 Å². The molecule has 10 nitrogen and oxygen atoms in total. The van der Waals surface area contributed by atoms with Gasteiger partial charge in [-0.15, -0.1) is 0 Å². The van der Waals surface area contributed by atoms with Crippen LogP contribution in [0.15, 0.2) is 60.7 Å². The molecule has 0 aliphatic heterocycles. The van der Waals surface area contributed by atoms with E-state index in [9.17, 15) is 24.3 Å². The van der Waals surface area contributed by atoms with Gasteiger partial charge in [0.2, 0.25) is 11.8 Å². The molecule has 0 radical (unpaired) electrons. The minimum Gasteiger partial charge on any atom is -0.461 e. The average Bonchev–Trinajstić information content (AvgIpc) is 2.81. The van der Waals surface area contributed by atoms with E-state index in [1.54, 1.807) is 48.5 Å². The molecule has 0 heterocycles. The number of amides is 3. The molecular weight excluding hydrogens is 430 g/mol. The largest absolute Gasteiger partial charge is 0.461 e. The maximum atomic E-state index is 12.1. The summed E-state index contributed by atoms with van der Waals surface area (Å²) >= 11 is 0. The van der Waals surface area contributed by atoms with E-state index in [-0.39, 0.29) is 19.8 Å². The third-order valence-corrected chi connectivity index (χ3v) is 4.41. The van der Waals surface area contributed by atoms with Gasteiger partial charge in [0.1, 0.15) is 19.3 Å². The van der Waals surface area contributed by atoms with Crippen LogP contribution < -0.4 is 16.4 Å². The Morgan fingerprint density at radius 3 is 1.94 bits per heavy atom. The number of hydrogen-bond acceptors (Lipinski definition) is 7. The molecule has 3 amide bonds. The van der Waals surface area contributed by atoms with Gasteiger partial charge in [0.15, 0.2) is 0 Å². The molecule has 2 aromatic rings. The predicted octanol–water partition coefficient (Wildman–Crippen LogP) is 0.767. The molecule has 0 bridgehead atoms. The van der Waals surface area contributed by atoms with Crippen LogP contribution >= 0.6 is 0 Å². The maximum absolute atomic E-state index is 12.1. The van der Waals surface area contributed by atoms with Crippen molar-refractivity contribution >= 4 is 23.9 Å². The molecule has 0 aromatic heterocycles. The smallest absolute Gasteiger partial charge is 0.407 e. The molecule has 5 N–H and O–H groups in total. The van der Waals surface area contributed by atoms with Crippen molar-refractivity contribution in [3.8, 4) is 0 Å². The van der Waals surface area contributed by atoms with E-state index < -0.39 is 48.9 Å². The molecule has 0 spiro atoms. The zero-order chi connectivity index (χ0) is 24.1. The highest BCUT2D eigenvalue weighted by Gasteiger charge is 2.24. The zero-order valence-corrected chi connectivity index (χ0v) is 17.9. The Kier molecular flexibility index (Phi) is 10.4. The summed E-state index contributed by atoms with van der Waals surface area (Å²) in [7, 11) is 0. The van der Waals surface area contributed by atoms with Gasteiger partial charge in [0, 0.05) is 6.54 Å². The van der Waals surface area contributed by atoms with Crippen molar-refractivity contribution in [3.63, 3.8) is 0 Å². The first kappa shape index (κ1) is 25.3. The van der Waals surface area contributed by atoms with Crippen molar-refractivity contribution in [1.82, 2.24) is 10.6 Å². The molecule has 2 atom stereocenters. The lowest BCUT2D eigenvalue weighted by atomic mass is 10.1. The van der Waals surface area contributed by atoms with Crippen LogP contribution in [0.5, 0.6) is 0 Å². The molecule has 0 saturated heterocycles. The van der Waals surface area contributed by atoms with Gasteiger partial charge >= 0.3 is 12.1 Å². The van der Waals surface area contributed by atoms with E-state index in [2.05, 4.69) is 10.6 Å². The summed E-state index contributed by atoms with van der Waals surface area (Å²) in [4.78, 5) is 47.4. The van der Waals surface area contributed by atoms with Gasteiger partial charge in [0.05, 0.1) is 18.9 Å². The summed E-state index contributed by atoms with van der Waals surface area (Å²) < 4.78 is 10.1. The van der Waals surface area contributed by atoms with Crippen LogP contribution in [0.4, 0.5) is 4.79 Å². The van der Waals surface area contributed by atoms with Gasteiger partial charge in [-0.2, -0.15) is 0 Å². The number of carbonyl (C=O) groups excluding carboxylic acids is 4. The van der Waals surface area contributed by atoms with E-state index in [1.807, 2.05) is 12.1 Å². The second kappa shape index (κ2) is 13.5. The number of primary amides is 1. The number of aliphatic hydroxyl groups excluding tert-OH is 1. The number of rotatable bonds is 12. The highest BCUT2D eigenvalue weighted by atomic mass is 16.5. The standard InChI is InChI=1S/C23H27N3O7/c24-22(30)19(12-21(29)32-14-16-7-3-1-4-8-16)26-20(28)11-18(27)13-25-23(31)33-15-17-9-5-2-6-10-17/h1-10,18-19,27H,11-15H2,(H2,24,30)(H,25,31)(H,26,28)/t18-,19-/m1/s1. The van der Waals surface area contributed by atoms with E-state index >= 15 is 0 Å². The fourth-order valence-corrected chi connectivity index (χ4v) is 2.70. The van der Waals surface area contributed by atoms with Crippen LogP contribution in [0.1, 0.15) is 24.0 Å². The molecule has 0 fully saturated rings. The number of hydrogen-bond donors (Lipinski definition) is 4. The molecule has 2 rings (SSSR count). The van der Waals surface area contributed by atoms with Crippen molar-refractivity contribution in [2.24, 2.45) is 5.73 Å². The lowest BCUT2D eigenvalue weighted by molar-refractivity contribution is -0.147. The number of benzene rings is 2. The van der Waals surface area contributed by atoms with Crippen LogP contribution in [0.25, 0.3) is 0 Å². The Morgan fingerprint density at radius 1 is 0.848 bits per heavy atom. The van der Waals surface area contributed by atoms with Crippen LogP contribution in [-0.2, 0) is 37.1 Å².